The summed E-state index contributed by atoms with van der Waals surface area (Å²) in [6.45, 7) is 0.0262. The first-order chi connectivity index (χ1) is 16.2. The molecule has 2 N–H and O–H groups in total. The van der Waals surface area contributed by atoms with Gasteiger partial charge in [-0.25, -0.2) is 8.42 Å². The number of carbonyl (C=O) groups is 3. The number of ether oxygens (including phenoxy) is 1. The number of carbonyl (C=O) groups excluding carboxylic acids is 3. The topological polar surface area (TPSA) is 122 Å². The highest BCUT2D eigenvalue weighted by Crippen LogP contribution is 2.29. The highest BCUT2D eigenvalue weighted by molar-refractivity contribution is 7.92. The monoisotopic (exact) mass is 479 g/mol. The van der Waals surface area contributed by atoms with Crippen LogP contribution in [0.4, 0.5) is 11.4 Å². The van der Waals surface area contributed by atoms with Crippen molar-refractivity contribution in [2.24, 2.45) is 0 Å². The molecule has 174 valence electrons. The van der Waals surface area contributed by atoms with E-state index in [-0.39, 0.29) is 24.0 Å². The van der Waals surface area contributed by atoms with Gasteiger partial charge in [0.05, 0.1) is 36.7 Å². The minimum Gasteiger partial charge on any atom is -0.495 e. The number of imide groups is 1. The van der Waals surface area contributed by atoms with E-state index < -0.39 is 15.9 Å². The molecule has 1 aliphatic rings. The molecule has 0 aromatic heterocycles. The van der Waals surface area contributed by atoms with E-state index in [1.54, 1.807) is 54.6 Å². The molecule has 0 unspecified atom stereocenters. The molecule has 0 fully saturated rings. The number of anilines is 2. The SMILES string of the molecule is COc1ccc(NC(=O)c2cccc(CN3C(=O)c4ccccc4C3=O)c2)cc1NS(C)(=O)=O. The van der Waals surface area contributed by atoms with Gasteiger partial charge in [0.15, 0.2) is 0 Å². The molecule has 0 saturated heterocycles. The Labute approximate surface area is 196 Å². The predicted octanol–water partition coefficient (Wildman–Crippen LogP) is 3.12. The molecule has 0 radical (unpaired) electrons. The van der Waals surface area contributed by atoms with Crippen molar-refractivity contribution < 1.29 is 27.5 Å². The van der Waals surface area contributed by atoms with Crippen LogP contribution in [0.2, 0.25) is 0 Å². The van der Waals surface area contributed by atoms with Gasteiger partial charge >= 0.3 is 0 Å². The number of benzene rings is 3. The highest BCUT2D eigenvalue weighted by atomic mass is 32.2. The number of hydrogen-bond donors (Lipinski definition) is 2. The summed E-state index contributed by atoms with van der Waals surface area (Å²) >= 11 is 0. The Hall–Kier alpha value is -4.18. The second kappa shape index (κ2) is 8.99. The predicted molar refractivity (Wildman–Crippen MR) is 127 cm³/mol. The number of nitrogens with one attached hydrogen (secondary N) is 2. The molecule has 0 atom stereocenters. The number of amides is 3. The number of sulfonamides is 1. The van der Waals surface area contributed by atoms with E-state index >= 15 is 0 Å². The van der Waals surface area contributed by atoms with Crippen LogP contribution in [0.1, 0.15) is 36.6 Å². The lowest BCUT2D eigenvalue weighted by Crippen LogP contribution is -2.29. The van der Waals surface area contributed by atoms with Crippen LogP contribution in [0, 0.1) is 0 Å². The van der Waals surface area contributed by atoms with Crippen LogP contribution < -0.4 is 14.8 Å². The van der Waals surface area contributed by atoms with Gasteiger partial charge in [-0.2, -0.15) is 0 Å². The van der Waals surface area contributed by atoms with Gasteiger partial charge in [0.25, 0.3) is 17.7 Å². The third-order valence-electron chi connectivity index (χ3n) is 5.16. The lowest BCUT2D eigenvalue weighted by molar-refractivity contribution is 0.0642. The molecule has 0 bridgehead atoms. The highest BCUT2D eigenvalue weighted by Gasteiger charge is 2.35. The van der Waals surface area contributed by atoms with Gasteiger partial charge in [-0.05, 0) is 48.0 Å². The fourth-order valence-corrected chi connectivity index (χ4v) is 4.20. The van der Waals surface area contributed by atoms with Crippen molar-refractivity contribution in [1.29, 1.82) is 0 Å². The Morgan fingerprint density at radius 1 is 0.941 bits per heavy atom. The van der Waals surface area contributed by atoms with E-state index in [1.165, 1.54) is 19.2 Å². The number of rotatable bonds is 7. The fourth-order valence-electron chi connectivity index (χ4n) is 3.64. The van der Waals surface area contributed by atoms with Crippen molar-refractivity contribution in [2.45, 2.75) is 6.54 Å². The summed E-state index contributed by atoms with van der Waals surface area (Å²) in [6.07, 6.45) is 1.01. The van der Waals surface area contributed by atoms with Crippen molar-refractivity contribution >= 4 is 39.1 Å². The van der Waals surface area contributed by atoms with Gasteiger partial charge in [-0.1, -0.05) is 24.3 Å². The first-order valence-electron chi connectivity index (χ1n) is 10.2. The molecule has 3 amide bonds. The van der Waals surface area contributed by atoms with Crippen molar-refractivity contribution in [3.63, 3.8) is 0 Å². The fraction of sp³-hybridized carbons (Fsp3) is 0.125. The van der Waals surface area contributed by atoms with Crippen molar-refractivity contribution in [3.05, 3.63) is 89.0 Å². The van der Waals surface area contributed by atoms with Gasteiger partial charge in [0.1, 0.15) is 5.75 Å². The zero-order valence-electron chi connectivity index (χ0n) is 18.4. The molecule has 9 nitrogen and oxygen atoms in total. The molecule has 3 aromatic rings. The van der Waals surface area contributed by atoms with Gasteiger partial charge in [0, 0.05) is 11.3 Å². The number of methoxy groups -OCH3 is 1. The van der Waals surface area contributed by atoms with Crippen LogP contribution in [-0.4, -0.2) is 44.4 Å². The Bertz CT molecular complexity index is 1380. The third kappa shape index (κ3) is 4.76. The molecule has 34 heavy (non-hydrogen) atoms. The average Bonchev–Trinajstić information content (AvgIpc) is 3.03. The molecular formula is C24H21N3O6S. The summed E-state index contributed by atoms with van der Waals surface area (Å²) in [5, 5.41) is 2.71. The number of hydrogen-bond acceptors (Lipinski definition) is 6. The maximum Gasteiger partial charge on any atom is 0.261 e. The number of nitrogens with zero attached hydrogens (tertiary/aromatic N) is 1. The summed E-state index contributed by atoms with van der Waals surface area (Å²) in [7, 11) is -2.15. The first kappa shape index (κ1) is 23.0. The molecule has 3 aromatic carbocycles. The molecule has 0 spiro atoms. The van der Waals surface area contributed by atoms with E-state index in [9.17, 15) is 22.8 Å². The summed E-state index contributed by atoms with van der Waals surface area (Å²) < 4.78 is 30.7. The Morgan fingerprint density at radius 3 is 2.24 bits per heavy atom. The first-order valence-corrected chi connectivity index (χ1v) is 12.1. The maximum absolute atomic E-state index is 12.8. The maximum atomic E-state index is 12.8. The second-order valence-electron chi connectivity index (χ2n) is 7.69. The Balaban J connectivity index is 1.51. The van der Waals surface area contributed by atoms with E-state index in [1.807, 2.05) is 0 Å². The normalized spacial score (nSPS) is 12.9. The number of fused-ring (bicyclic) bond motifs is 1. The van der Waals surface area contributed by atoms with Crippen LogP contribution in [0.5, 0.6) is 5.75 Å². The minimum atomic E-state index is -3.56. The second-order valence-corrected chi connectivity index (χ2v) is 9.43. The standard InChI is InChI=1S/C24H21N3O6S/c1-33-21-11-10-17(13-20(21)26-34(2,31)32)25-22(28)16-7-5-6-15(12-16)14-27-23(29)18-8-3-4-9-19(18)24(27)30/h3-13,26H,14H2,1-2H3,(H,25,28). The minimum absolute atomic E-state index is 0.0262. The van der Waals surface area contributed by atoms with Crippen molar-refractivity contribution in [1.82, 2.24) is 4.90 Å². The quantitative estimate of drug-likeness (QED) is 0.502. The van der Waals surface area contributed by atoms with Crippen LogP contribution in [0.15, 0.2) is 66.7 Å². The van der Waals surface area contributed by atoms with Crippen LogP contribution in [0.3, 0.4) is 0 Å². The Morgan fingerprint density at radius 2 is 1.62 bits per heavy atom. The molecule has 10 heteroatoms. The van der Waals surface area contributed by atoms with Gasteiger partial charge in [-0.15, -0.1) is 0 Å². The third-order valence-corrected chi connectivity index (χ3v) is 5.75. The molecule has 1 aliphatic heterocycles. The van der Waals surface area contributed by atoms with Crippen LogP contribution in [0.25, 0.3) is 0 Å². The molecule has 0 saturated carbocycles. The van der Waals surface area contributed by atoms with Crippen molar-refractivity contribution in [2.75, 3.05) is 23.4 Å². The largest absolute Gasteiger partial charge is 0.495 e. The van der Waals surface area contributed by atoms with Crippen LogP contribution >= 0.6 is 0 Å². The van der Waals surface area contributed by atoms with E-state index in [0.29, 0.717) is 33.7 Å². The summed E-state index contributed by atoms with van der Waals surface area (Å²) in [4.78, 5) is 39.2. The van der Waals surface area contributed by atoms with Gasteiger partial charge in [-0.3, -0.25) is 24.0 Å². The van der Waals surface area contributed by atoms with E-state index in [4.69, 9.17) is 4.74 Å². The lowest BCUT2D eigenvalue weighted by atomic mass is 10.1. The van der Waals surface area contributed by atoms with Crippen LogP contribution in [-0.2, 0) is 16.6 Å². The molecule has 0 aliphatic carbocycles. The zero-order valence-corrected chi connectivity index (χ0v) is 19.2. The van der Waals surface area contributed by atoms with Gasteiger partial charge < -0.3 is 10.1 Å². The summed E-state index contributed by atoms with van der Waals surface area (Å²) in [5.41, 5.74) is 2.17. The molecular weight excluding hydrogens is 458 g/mol. The zero-order chi connectivity index (χ0) is 24.5. The molecule has 4 rings (SSSR count). The van der Waals surface area contributed by atoms with E-state index in [0.717, 1.165) is 11.2 Å². The van der Waals surface area contributed by atoms with Gasteiger partial charge in [0.2, 0.25) is 10.0 Å². The Kier molecular flexibility index (Phi) is 6.08. The smallest absolute Gasteiger partial charge is 0.261 e. The summed E-state index contributed by atoms with van der Waals surface area (Å²) in [6, 6.07) is 17.8. The molecule has 1 heterocycles. The van der Waals surface area contributed by atoms with E-state index in [2.05, 4.69) is 10.0 Å². The average molecular weight is 480 g/mol. The lowest BCUT2D eigenvalue weighted by Gasteiger charge is -2.15. The summed E-state index contributed by atoms with van der Waals surface area (Å²) in [5.74, 6) is -0.898. The van der Waals surface area contributed by atoms with Crippen molar-refractivity contribution in [3.8, 4) is 5.75 Å².